The molecule has 0 radical (unpaired) electrons. The predicted octanol–water partition coefficient (Wildman–Crippen LogP) is 5.32. The topological polar surface area (TPSA) is 65.2 Å². The molecule has 2 bridgehead atoms. The van der Waals surface area contributed by atoms with E-state index in [2.05, 4.69) is 22.3 Å². The third-order valence-corrected chi connectivity index (χ3v) is 8.44. The van der Waals surface area contributed by atoms with Crippen LogP contribution in [-0.4, -0.2) is 46.3 Å². The summed E-state index contributed by atoms with van der Waals surface area (Å²) in [7, 11) is 0. The van der Waals surface area contributed by atoms with Gasteiger partial charge in [0.2, 0.25) is 5.82 Å². The zero-order valence-corrected chi connectivity index (χ0v) is 20.8. The van der Waals surface area contributed by atoms with Crippen molar-refractivity contribution in [3.05, 3.63) is 72.1 Å². The average Bonchev–Trinajstić information content (AvgIpc) is 3.57. The fourth-order valence-electron chi connectivity index (χ4n) is 6.49. The van der Waals surface area contributed by atoms with Crippen molar-refractivity contribution in [2.75, 3.05) is 19.6 Å². The molecule has 7 heteroatoms. The summed E-state index contributed by atoms with van der Waals surface area (Å²) < 4.78 is 12.8. The first-order valence-electron chi connectivity index (χ1n) is 12.7. The van der Waals surface area contributed by atoms with E-state index in [0.717, 1.165) is 86.1 Å². The van der Waals surface area contributed by atoms with Crippen LogP contribution in [0.5, 0.6) is 0 Å². The number of quaternary nitrogens is 1. The van der Waals surface area contributed by atoms with Crippen LogP contribution in [-0.2, 0) is 21.5 Å². The summed E-state index contributed by atoms with van der Waals surface area (Å²) in [5.74, 6) is 1.75. The van der Waals surface area contributed by atoms with E-state index in [1.54, 1.807) is 0 Å². The standard InChI is InChI=1S/C28H32N3O3.ClH/c32-27(28(15-7-8-16-28)23-11-5-2-6-12-23)33-24-19-31(17-13-21(24)14-18-31)20-25-29-26(34-30-25)22-9-3-1-4-10-22;/h1-6,9-12,21,24H,7-8,13-20H2;1H/q+1;/t21?,24-,31?;/m0./s1. The molecule has 35 heavy (non-hydrogen) atoms. The first kappa shape index (κ1) is 24.0. The van der Waals surface area contributed by atoms with Crippen molar-refractivity contribution in [1.29, 1.82) is 0 Å². The largest absolute Gasteiger partial charge is 0.455 e. The molecule has 1 saturated carbocycles. The van der Waals surface area contributed by atoms with Gasteiger partial charge >= 0.3 is 5.97 Å². The first-order chi connectivity index (χ1) is 16.7. The van der Waals surface area contributed by atoms with Gasteiger partial charge in [0.1, 0.15) is 13.1 Å². The van der Waals surface area contributed by atoms with Crippen LogP contribution in [0.15, 0.2) is 65.2 Å². The van der Waals surface area contributed by atoms with Crippen LogP contribution in [0, 0.1) is 5.92 Å². The number of piperidine rings is 3. The maximum atomic E-state index is 13.7. The summed E-state index contributed by atoms with van der Waals surface area (Å²) in [4.78, 5) is 18.3. The SMILES string of the molecule is Cl.O=C(O[C@H]1C[N+]2(Cc3noc(-c4ccccc4)n3)CCC1CC2)C1(c2ccccc2)CCCC1. The van der Waals surface area contributed by atoms with Gasteiger partial charge in [0, 0.05) is 24.3 Å². The lowest BCUT2D eigenvalue weighted by atomic mass is 9.78. The summed E-state index contributed by atoms with van der Waals surface area (Å²) in [5.41, 5.74) is 1.58. The Morgan fingerprint density at radius 2 is 1.66 bits per heavy atom. The van der Waals surface area contributed by atoms with Gasteiger partial charge in [-0.05, 0) is 30.5 Å². The molecule has 0 spiro atoms. The molecule has 0 amide bonds. The van der Waals surface area contributed by atoms with Crippen LogP contribution in [0.1, 0.15) is 49.9 Å². The Morgan fingerprint density at radius 1 is 1.00 bits per heavy atom. The molecule has 4 aliphatic rings. The second-order valence-electron chi connectivity index (χ2n) is 10.4. The molecule has 4 fully saturated rings. The van der Waals surface area contributed by atoms with Gasteiger partial charge < -0.3 is 13.7 Å². The van der Waals surface area contributed by atoms with Crippen molar-refractivity contribution in [2.45, 2.75) is 56.6 Å². The molecule has 3 saturated heterocycles. The van der Waals surface area contributed by atoms with Gasteiger partial charge in [-0.3, -0.25) is 4.79 Å². The molecule has 3 aliphatic heterocycles. The highest BCUT2D eigenvalue weighted by Gasteiger charge is 2.51. The highest BCUT2D eigenvalue weighted by Crippen LogP contribution is 2.44. The predicted molar refractivity (Wildman–Crippen MR) is 135 cm³/mol. The minimum atomic E-state index is -0.476. The van der Waals surface area contributed by atoms with Gasteiger partial charge in [0.25, 0.3) is 5.89 Å². The number of fused-ring (bicyclic) bond motifs is 3. The summed E-state index contributed by atoms with van der Waals surface area (Å²) in [6.45, 7) is 3.73. The minimum absolute atomic E-state index is 0. The molecule has 1 aliphatic carbocycles. The Hall–Kier alpha value is -2.70. The second-order valence-corrected chi connectivity index (χ2v) is 10.4. The van der Waals surface area contributed by atoms with Crippen molar-refractivity contribution in [2.24, 2.45) is 5.92 Å². The van der Waals surface area contributed by atoms with Crippen molar-refractivity contribution >= 4 is 18.4 Å². The smallest absolute Gasteiger partial charge is 0.317 e. The molecule has 4 heterocycles. The van der Waals surface area contributed by atoms with E-state index in [9.17, 15) is 4.79 Å². The van der Waals surface area contributed by atoms with Crippen LogP contribution >= 0.6 is 12.4 Å². The monoisotopic (exact) mass is 494 g/mol. The average molecular weight is 495 g/mol. The van der Waals surface area contributed by atoms with Crippen LogP contribution in [0.2, 0.25) is 0 Å². The summed E-state index contributed by atoms with van der Waals surface area (Å²) in [5, 5.41) is 4.29. The molecule has 0 unspecified atom stereocenters. The number of ether oxygens (including phenoxy) is 1. The molecule has 7 rings (SSSR count). The number of benzene rings is 2. The Bertz CT molecular complexity index is 1140. The third kappa shape index (κ3) is 4.50. The summed E-state index contributed by atoms with van der Waals surface area (Å²) >= 11 is 0. The number of hydrogen-bond donors (Lipinski definition) is 0. The van der Waals surface area contributed by atoms with Crippen molar-refractivity contribution in [3.63, 3.8) is 0 Å². The van der Waals surface area contributed by atoms with Gasteiger partial charge in [-0.15, -0.1) is 12.4 Å². The summed E-state index contributed by atoms with van der Waals surface area (Å²) in [6, 6.07) is 20.2. The molecule has 3 aromatic rings. The van der Waals surface area contributed by atoms with E-state index < -0.39 is 5.41 Å². The molecule has 1 aromatic heterocycles. The maximum absolute atomic E-state index is 13.7. The lowest BCUT2D eigenvalue weighted by molar-refractivity contribution is -0.958. The zero-order valence-electron chi connectivity index (χ0n) is 20.0. The fraction of sp³-hybridized carbons (Fsp3) is 0.464. The lowest BCUT2D eigenvalue weighted by Gasteiger charge is -2.51. The Labute approximate surface area is 212 Å². The number of esters is 1. The molecular weight excluding hydrogens is 462 g/mol. The first-order valence-corrected chi connectivity index (χ1v) is 12.7. The highest BCUT2D eigenvalue weighted by molar-refractivity contribution is 5.85. The van der Waals surface area contributed by atoms with Crippen LogP contribution in [0.3, 0.4) is 0 Å². The van der Waals surface area contributed by atoms with E-state index >= 15 is 0 Å². The van der Waals surface area contributed by atoms with Crippen molar-refractivity contribution in [1.82, 2.24) is 10.1 Å². The Kier molecular flexibility index (Phi) is 6.69. The van der Waals surface area contributed by atoms with E-state index in [0.29, 0.717) is 11.8 Å². The molecule has 0 N–H and O–H groups in total. The number of carbonyl (C=O) groups is 1. The molecule has 6 nitrogen and oxygen atoms in total. The van der Waals surface area contributed by atoms with Gasteiger partial charge in [-0.25, -0.2) is 0 Å². The number of nitrogens with zero attached hydrogens (tertiary/aromatic N) is 3. The lowest BCUT2D eigenvalue weighted by Crippen LogP contribution is -2.64. The van der Waals surface area contributed by atoms with E-state index in [1.165, 1.54) is 0 Å². The van der Waals surface area contributed by atoms with E-state index in [4.69, 9.17) is 9.26 Å². The quantitative estimate of drug-likeness (QED) is 0.342. The van der Waals surface area contributed by atoms with E-state index in [-0.39, 0.29) is 24.5 Å². The van der Waals surface area contributed by atoms with Crippen LogP contribution in [0.25, 0.3) is 11.5 Å². The van der Waals surface area contributed by atoms with Gasteiger partial charge in [0.15, 0.2) is 6.10 Å². The fourth-order valence-corrected chi connectivity index (χ4v) is 6.49. The van der Waals surface area contributed by atoms with Gasteiger partial charge in [-0.1, -0.05) is 66.5 Å². The number of rotatable bonds is 6. The molecule has 1 atom stereocenters. The van der Waals surface area contributed by atoms with Gasteiger partial charge in [0.05, 0.1) is 18.5 Å². The van der Waals surface area contributed by atoms with Crippen molar-refractivity contribution < 1.29 is 18.5 Å². The van der Waals surface area contributed by atoms with Gasteiger partial charge in [-0.2, -0.15) is 4.98 Å². The van der Waals surface area contributed by atoms with Crippen LogP contribution in [0.4, 0.5) is 0 Å². The number of aromatic nitrogens is 2. The molecule has 184 valence electrons. The Balaban J connectivity index is 0.00000253. The number of carbonyl (C=O) groups excluding carboxylic acids is 1. The maximum Gasteiger partial charge on any atom is 0.317 e. The zero-order chi connectivity index (χ0) is 23.0. The molecule has 2 aromatic carbocycles. The number of halogens is 1. The normalized spacial score (nSPS) is 26.7. The highest BCUT2D eigenvalue weighted by atomic mass is 35.5. The van der Waals surface area contributed by atoms with Crippen LogP contribution < -0.4 is 0 Å². The Morgan fingerprint density at radius 3 is 2.34 bits per heavy atom. The molecular formula is C28H33ClN3O3+. The third-order valence-electron chi connectivity index (χ3n) is 8.44. The minimum Gasteiger partial charge on any atom is -0.455 e. The van der Waals surface area contributed by atoms with E-state index in [1.807, 2.05) is 48.5 Å². The number of hydrogen-bond acceptors (Lipinski definition) is 5. The second kappa shape index (κ2) is 9.75. The summed E-state index contributed by atoms with van der Waals surface area (Å²) in [6.07, 6.45) is 6.08. The van der Waals surface area contributed by atoms with Crippen molar-refractivity contribution in [3.8, 4) is 11.5 Å².